The average Bonchev–Trinajstić information content (AvgIpc) is 2.53. The first-order chi connectivity index (χ1) is 10.2. The van der Waals surface area contributed by atoms with Crippen LogP contribution in [0.2, 0.25) is 0 Å². The van der Waals surface area contributed by atoms with E-state index in [0.29, 0.717) is 11.4 Å². The molecule has 0 aliphatic rings. The minimum Gasteiger partial charge on any atom is -0.329 e. The fraction of sp³-hybridized carbons (Fsp3) is 0.111. The summed E-state index contributed by atoms with van der Waals surface area (Å²) in [5.41, 5.74) is 3.69. The Bertz CT molecular complexity index is 794. The van der Waals surface area contributed by atoms with Crippen molar-refractivity contribution in [2.75, 3.05) is 11.9 Å². The lowest BCUT2D eigenvalue weighted by Crippen LogP contribution is -2.13. The number of carbonyl (C=O) groups is 1. The van der Waals surface area contributed by atoms with Crippen LogP contribution in [0.5, 0.6) is 0 Å². The van der Waals surface area contributed by atoms with E-state index in [4.69, 9.17) is 0 Å². The van der Waals surface area contributed by atoms with Crippen LogP contribution in [0.4, 0.5) is 11.5 Å². The minimum absolute atomic E-state index is 0.594. The Balaban J connectivity index is 2.13. The van der Waals surface area contributed by atoms with E-state index in [0.717, 1.165) is 22.9 Å². The van der Waals surface area contributed by atoms with E-state index in [1.54, 1.807) is 0 Å². The molecule has 0 fully saturated rings. The van der Waals surface area contributed by atoms with Gasteiger partial charge in [0.2, 0.25) is 0 Å². The maximum Gasteiger partial charge on any atom is 0.153 e. The molecule has 0 spiro atoms. The summed E-state index contributed by atoms with van der Waals surface area (Å²) in [6.07, 6.45) is 0.861. The van der Waals surface area contributed by atoms with E-state index in [9.17, 15) is 4.79 Å². The third-order valence-corrected chi connectivity index (χ3v) is 3.60. The van der Waals surface area contributed by atoms with Crippen LogP contribution >= 0.6 is 0 Å². The van der Waals surface area contributed by atoms with Crippen molar-refractivity contribution >= 4 is 28.7 Å². The molecular weight excluding hydrogens is 260 g/mol. The molecule has 2 aromatic carbocycles. The van der Waals surface area contributed by atoms with Gasteiger partial charge in [0.1, 0.15) is 5.82 Å². The van der Waals surface area contributed by atoms with Crippen LogP contribution in [0.15, 0.2) is 54.6 Å². The van der Waals surface area contributed by atoms with Crippen molar-refractivity contribution in [2.24, 2.45) is 0 Å². The summed E-state index contributed by atoms with van der Waals surface area (Å²) in [5, 5.41) is 0.973. The maximum atomic E-state index is 11.4. The number of hydrogen-bond acceptors (Lipinski definition) is 3. The number of aryl methyl sites for hydroxylation is 1. The van der Waals surface area contributed by atoms with Gasteiger partial charge in [0.25, 0.3) is 0 Å². The number of hydrogen-bond donors (Lipinski definition) is 0. The Labute approximate surface area is 123 Å². The Morgan fingerprint density at radius 1 is 1.05 bits per heavy atom. The molecule has 104 valence electrons. The first-order valence-electron chi connectivity index (χ1n) is 6.84. The largest absolute Gasteiger partial charge is 0.329 e. The number of anilines is 2. The molecule has 0 N–H and O–H groups in total. The summed E-state index contributed by atoms with van der Waals surface area (Å²) in [6.45, 7) is 2.05. The number of benzene rings is 2. The monoisotopic (exact) mass is 276 g/mol. The molecular formula is C18H16N2O. The molecule has 0 saturated heterocycles. The third-order valence-electron chi connectivity index (χ3n) is 3.60. The van der Waals surface area contributed by atoms with Crippen molar-refractivity contribution in [1.82, 2.24) is 4.98 Å². The lowest BCUT2D eigenvalue weighted by atomic mass is 10.1. The molecule has 3 aromatic rings. The molecule has 21 heavy (non-hydrogen) atoms. The maximum absolute atomic E-state index is 11.4. The third kappa shape index (κ3) is 2.50. The van der Waals surface area contributed by atoms with Crippen molar-refractivity contribution in [3.05, 3.63) is 65.7 Å². The molecule has 3 nitrogen and oxygen atoms in total. The second-order valence-corrected chi connectivity index (χ2v) is 5.11. The molecule has 1 heterocycles. The van der Waals surface area contributed by atoms with Gasteiger partial charge in [-0.25, -0.2) is 4.98 Å². The fourth-order valence-corrected chi connectivity index (χ4v) is 2.37. The number of nitrogens with zero attached hydrogens (tertiary/aromatic N) is 2. The Morgan fingerprint density at radius 3 is 2.48 bits per heavy atom. The highest BCUT2D eigenvalue weighted by molar-refractivity contribution is 5.92. The van der Waals surface area contributed by atoms with E-state index >= 15 is 0 Å². The number of aromatic nitrogens is 1. The number of pyridine rings is 1. The second kappa shape index (κ2) is 5.37. The van der Waals surface area contributed by atoms with E-state index in [2.05, 4.69) is 11.9 Å². The fourth-order valence-electron chi connectivity index (χ4n) is 2.37. The minimum atomic E-state index is 0.594. The predicted molar refractivity (Wildman–Crippen MR) is 86.4 cm³/mol. The van der Waals surface area contributed by atoms with Gasteiger partial charge in [-0.1, -0.05) is 35.9 Å². The van der Waals surface area contributed by atoms with Crippen LogP contribution in [0.1, 0.15) is 15.9 Å². The zero-order chi connectivity index (χ0) is 14.8. The molecule has 0 unspecified atom stereocenters. The van der Waals surface area contributed by atoms with Crippen molar-refractivity contribution in [1.29, 1.82) is 0 Å². The van der Waals surface area contributed by atoms with Crippen LogP contribution in [0.25, 0.3) is 10.9 Å². The normalized spacial score (nSPS) is 10.6. The van der Waals surface area contributed by atoms with Crippen molar-refractivity contribution < 1.29 is 4.79 Å². The van der Waals surface area contributed by atoms with Crippen LogP contribution in [-0.4, -0.2) is 18.3 Å². The zero-order valence-electron chi connectivity index (χ0n) is 12.1. The number of fused-ring (bicyclic) bond motifs is 1. The number of para-hydroxylation sites is 1. The zero-order valence-corrected chi connectivity index (χ0v) is 12.1. The van der Waals surface area contributed by atoms with E-state index in [1.807, 2.05) is 66.5 Å². The molecule has 0 radical (unpaired) electrons. The number of aldehydes is 1. The smallest absolute Gasteiger partial charge is 0.153 e. The molecule has 0 amide bonds. The van der Waals surface area contributed by atoms with Crippen LogP contribution < -0.4 is 4.90 Å². The molecule has 1 aromatic heterocycles. The first kappa shape index (κ1) is 13.3. The Hall–Kier alpha value is -2.68. The highest BCUT2D eigenvalue weighted by Crippen LogP contribution is 2.27. The summed E-state index contributed by atoms with van der Waals surface area (Å²) in [5.74, 6) is 0.674. The molecule has 0 saturated carbocycles. The Morgan fingerprint density at radius 2 is 1.76 bits per heavy atom. The van der Waals surface area contributed by atoms with Crippen LogP contribution in [0, 0.1) is 6.92 Å². The van der Waals surface area contributed by atoms with Crippen molar-refractivity contribution in [2.45, 2.75) is 6.92 Å². The summed E-state index contributed by atoms with van der Waals surface area (Å²) in [7, 11) is 1.93. The van der Waals surface area contributed by atoms with Gasteiger partial charge < -0.3 is 4.90 Å². The van der Waals surface area contributed by atoms with Crippen molar-refractivity contribution in [3.8, 4) is 0 Å². The Kier molecular flexibility index (Phi) is 3.40. The van der Waals surface area contributed by atoms with Gasteiger partial charge in [0, 0.05) is 18.1 Å². The van der Waals surface area contributed by atoms with Gasteiger partial charge in [-0.05, 0) is 31.2 Å². The van der Waals surface area contributed by atoms with Crippen LogP contribution in [-0.2, 0) is 0 Å². The second-order valence-electron chi connectivity index (χ2n) is 5.11. The van der Waals surface area contributed by atoms with Gasteiger partial charge in [0.15, 0.2) is 6.29 Å². The molecule has 0 atom stereocenters. The highest BCUT2D eigenvalue weighted by atomic mass is 16.1. The van der Waals surface area contributed by atoms with Gasteiger partial charge >= 0.3 is 0 Å². The lowest BCUT2D eigenvalue weighted by Gasteiger charge is -2.20. The molecule has 3 rings (SSSR count). The summed E-state index contributed by atoms with van der Waals surface area (Å²) < 4.78 is 0. The topological polar surface area (TPSA) is 33.2 Å². The van der Waals surface area contributed by atoms with Crippen LogP contribution in [0.3, 0.4) is 0 Å². The highest BCUT2D eigenvalue weighted by Gasteiger charge is 2.12. The molecule has 3 heteroatoms. The molecule has 0 bridgehead atoms. The van der Waals surface area contributed by atoms with E-state index in [-0.39, 0.29) is 0 Å². The SMILES string of the molecule is Cc1ccc(N(C)c2nc3ccccc3cc2C=O)cc1. The lowest BCUT2D eigenvalue weighted by molar-refractivity contribution is 0.112. The number of rotatable bonds is 3. The summed E-state index contributed by atoms with van der Waals surface area (Å²) in [4.78, 5) is 18.0. The van der Waals surface area contributed by atoms with E-state index in [1.165, 1.54) is 5.56 Å². The van der Waals surface area contributed by atoms with Gasteiger partial charge in [-0.2, -0.15) is 0 Å². The van der Waals surface area contributed by atoms with E-state index < -0.39 is 0 Å². The molecule has 0 aliphatic carbocycles. The summed E-state index contributed by atoms with van der Waals surface area (Å²) >= 11 is 0. The quantitative estimate of drug-likeness (QED) is 0.674. The van der Waals surface area contributed by atoms with Crippen molar-refractivity contribution in [3.63, 3.8) is 0 Å². The first-order valence-corrected chi connectivity index (χ1v) is 6.84. The van der Waals surface area contributed by atoms with Gasteiger partial charge in [0.05, 0.1) is 11.1 Å². The standard InChI is InChI=1S/C18H16N2O/c1-13-7-9-16(10-8-13)20(2)18-15(12-21)11-14-5-3-4-6-17(14)19-18/h3-12H,1-2H3. The predicted octanol–water partition coefficient (Wildman–Crippen LogP) is 4.12. The van der Waals surface area contributed by atoms with Gasteiger partial charge in [-0.3, -0.25) is 4.79 Å². The number of carbonyl (C=O) groups excluding carboxylic acids is 1. The van der Waals surface area contributed by atoms with Gasteiger partial charge in [-0.15, -0.1) is 0 Å². The summed E-state index contributed by atoms with van der Waals surface area (Å²) in [6, 6.07) is 17.9. The molecule has 0 aliphatic heterocycles. The average molecular weight is 276 g/mol.